The number of hydrogen-bond acceptors (Lipinski definition) is 15. The van der Waals surface area contributed by atoms with Crippen molar-refractivity contribution in [3.8, 4) is 0 Å². The number of aliphatic hydroxyl groups is 1. The smallest absolute Gasteiger partial charge is 0.328 e. The highest BCUT2D eigenvalue weighted by atomic mass is 16.7. The molecular formula is C79H122N2O15. The van der Waals surface area contributed by atoms with Crippen LogP contribution in [0.1, 0.15) is 294 Å². The van der Waals surface area contributed by atoms with E-state index in [4.69, 9.17) is 33.2 Å². The highest BCUT2D eigenvalue weighted by molar-refractivity contribution is 5.85. The molecule has 4 rings (SSSR count). The number of rotatable bonds is 57. The maximum absolute atomic E-state index is 14.4. The van der Waals surface area contributed by atoms with E-state index in [0.717, 1.165) is 93.7 Å². The molecule has 538 valence electrons. The van der Waals surface area contributed by atoms with E-state index in [0.29, 0.717) is 19.3 Å². The first kappa shape index (κ1) is 82.3. The Kier molecular flexibility index (Phi) is 46.1. The Morgan fingerprint density at radius 2 is 0.792 bits per heavy atom. The van der Waals surface area contributed by atoms with E-state index < -0.39 is 104 Å². The molecule has 3 aromatic rings. The minimum atomic E-state index is -1.75. The normalized spacial score (nSPS) is 16.3. The molecule has 0 spiro atoms. The van der Waals surface area contributed by atoms with Crippen LogP contribution in [0.3, 0.4) is 0 Å². The molecule has 3 N–H and O–H groups in total. The fraction of sp³-hybridized carbons (Fsp3) is 0.684. The SMILES string of the molecule is CCCCCCCCCCCCCC(=O)N[C@H]1[C@@H](OC(CC(=O)OCc2ccccc2)CC(=O)OCc2ccccc2)O[C@H](COC(=O)[C@@H](CCC(=O)OCc2ccccc2)NC(=O)CCCCCCCCCCCCC)[C@@H](O)[C@@H]1OC(=O)CCCCCCCCCCCCC. The molecule has 17 nitrogen and oxygen atoms in total. The first-order valence-corrected chi connectivity index (χ1v) is 37.4. The predicted octanol–water partition coefficient (Wildman–Crippen LogP) is 16.8. The molecule has 3 aromatic carbocycles. The third-order valence-corrected chi connectivity index (χ3v) is 17.8. The van der Waals surface area contributed by atoms with Crippen LogP contribution in [0.2, 0.25) is 0 Å². The number of ether oxygens (including phenoxy) is 7. The van der Waals surface area contributed by atoms with Crippen molar-refractivity contribution in [2.24, 2.45) is 0 Å². The van der Waals surface area contributed by atoms with Gasteiger partial charge in [-0.2, -0.15) is 0 Å². The van der Waals surface area contributed by atoms with E-state index in [9.17, 15) is 38.7 Å². The van der Waals surface area contributed by atoms with Gasteiger partial charge in [-0.05, 0) is 42.4 Å². The Hall–Kier alpha value is -6.17. The first-order chi connectivity index (χ1) is 46.9. The average molecular weight is 1340 g/mol. The second-order valence-corrected chi connectivity index (χ2v) is 26.3. The molecule has 1 aliphatic heterocycles. The zero-order chi connectivity index (χ0) is 68.9. The molecule has 0 aliphatic carbocycles. The molecule has 0 bridgehead atoms. The Morgan fingerprint density at radius 3 is 1.20 bits per heavy atom. The van der Waals surface area contributed by atoms with Crippen molar-refractivity contribution >= 4 is 41.7 Å². The molecule has 1 heterocycles. The fourth-order valence-corrected chi connectivity index (χ4v) is 11.9. The number of unbranched alkanes of at least 4 members (excludes halogenated alkanes) is 30. The molecule has 1 fully saturated rings. The maximum atomic E-state index is 14.4. The van der Waals surface area contributed by atoms with Crippen molar-refractivity contribution in [2.45, 2.75) is 340 Å². The van der Waals surface area contributed by atoms with Crippen LogP contribution in [-0.2, 0) is 86.5 Å². The molecule has 6 atom stereocenters. The van der Waals surface area contributed by atoms with Crippen LogP contribution >= 0.6 is 0 Å². The predicted molar refractivity (Wildman–Crippen MR) is 375 cm³/mol. The number of amides is 2. The van der Waals surface area contributed by atoms with Crippen molar-refractivity contribution in [1.82, 2.24) is 10.6 Å². The van der Waals surface area contributed by atoms with Gasteiger partial charge in [-0.25, -0.2) is 4.79 Å². The van der Waals surface area contributed by atoms with Gasteiger partial charge < -0.3 is 48.9 Å². The first-order valence-electron chi connectivity index (χ1n) is 37.4. The lowest BCUT2D eigenvalue weighted by atomic mass is 9.95. The largest absolute Gasteiger partial charge is 0.461 e. The molecule has 17 heteroatoms. The average Bonchev–Trinajstić information content (AvgIpc) is 0.796. The molecule has 0 radical (unpaired) electrons. The van der Waals surface area contributed by atoms with Gasteiger partial charge in [0.1, 0.15) is 50.7 Å². The van der Waals surface area contributed by atoms with Crippen molar-refractivity contribution in [2.75, 3.05) is 6.61 Å². The molecule has 96 heavy (non-hydrogen) atoms. The van der Waals surface area contributed by atoms with Crippen molar-refractivity contribution in [3.05, 3.63) is 108 Å². The van der Waals surface area contributed by atoms with E-state index in [1.54, 1.807) is 24.3 Å². The number of nitrogens with one attached hydrogen (secondary N) is 2. The summed E-state index contributed by atoms with van der Waals surface area (Å²) in [6, 6.07) is 24.6. The molecule has 0 saturated carbocycles. The van der Waals surface area contributed by atoms with Gasteiger partial charge in [0.25, 0.3) is 0 Å². The minimum absolute atomic E-state index is 0.00314. The lowest BCUT2D eigenvalue weighted by Crippen LogP contribution is -2.66. The van der Waals surface area contributed by atoms with Gasteiger partial charge in [-0.1, -0.05) is 304 Å². The topological polar surface area (TPSA) is 228 Å². The Labute approximate surface area is 576 Å². The number of hydrogen-bond donors (Lipinski definition) is 3. The van der Waals surface area contributed by atoms with Crippen LogP contribution in [0.15, 0.2) is 91.0 Å². The summed E-state index contributed by atoms with van der Waals surface area (Å²) in [5.74, 6) is -4.48. The maximum Gasteiger partial charge on any atom is 0.328 e. The molecule has 1 saturated heterocycles. The molecule has 2 amide bonds. The summed E-state index contributed by atoms with van der Waals surface area (Å²) < 4.78 is 42.3. The van der Waals surface area contributed by atoms with Crippen molar-refractivity contribution in [3.63, 3.8) is 0 Å². The van der Waals surface area contributed by atoms with E-state index >= 15 is 0 Å². The third-order valence-electron chi connectivity index (χ3n) is 17.8. The number of carbonyl (C=O) groups is 7. The Balaban J connectivity index is 1.61. The number of carbonyl (C=O) groups excluding carboxylic acids is 7. The van der Waals surface area contributed by atoms with Crippen LogP contribution in [-0.4, -0.2) is 96.2 Å². The summed E-state index contributed by atoms with van der Waals surface area (Å²) in [6.45, 7) is 5.82. The van der Waals surface area contributed by atoms with Gasteiger partial charge in [0.05, 0.1) is 18.9 Å². The van der Waals surface area contributed by atoms with Crippen LogP contribution in [0, 0.1) is 0 Å². The zero-order valence-electron chi connectivity index (χ0n) is 59.0. The number of benzene rings is 3. The molecular weight excluding hydrogens is 1220 g/mol. The molecule has 0 aromatic heterocycles. The third kappa shape index (κ3) is 39.3. The van der Waals surface area contributed by atoms with Gasteiger partial charge in [-0.15, -0.1) is 0 Å². The monoisotopic (exact) mass is 1340 g/mol. The second-order valence-electron chi connectivity index (χ2n) is 26.3. The summed E-state index contributed by atoms with van der Waals surface area (Å²) in [7, 11) is 0. The standard InChI is InChI=1S/C79H122N2O15/c1-4-7-10-13-16-19-22-25-28-31-43-52-69(82)80-67(55-56-71(84)90-59-63-46-37-34-38-47-63)78(89)93-62-68-76(88)77(96-72(85)54-45-33-30-27-24-21-18-15-12-9-6-3)75(81-70(83)53-44-32-29-26-23-20-17-14-11-8-5-2)79(95-68)94-66(57-73(86)91-60-64-48-39-35-40-49-64)58-74(87)92-61-65-50-41-36-42-51-65/h34-42,46-51,66-68,75-77,79,88H,4-33,43-45,52-62H2,1-3H3,(H,80,82)(H,81,83)/t67-,68-,75-,76-,77-,79+/m1/s1. The van der Waals surface area contributed by atoms with Gasteiger partial charge in [0.15, 0.2) is 12.4 Å². The van der Waals surface area contributed by atoms with Crippen LogP contribution in [0.25, 0.3) is 0 Å². The zero-order valence-corrected chi connectivity index (χ0v) is 59.0. The fourth-order valence-electron chi connectivity index (χ4n) is 11.9. The summed E-state index contributed by atoms with van der Waals surface area (Å²) in [6.07, 6.45) is 26.6. The van der Waals surface area contributed by atoms with E-state index in [1.165, 1.54) is 116 Å². The van der Waals surface area contributed by atoms with Crippen molar-refractivity contribution < 1.29 is 71.8 Å². The van der Waals surface area contributed by atoms with Crippen LogP contribution < -0.4 is 10.6 Å². The lowest BCUT2D eigenvalue weighted by Gasteiger charge is -2.44. The van der Waals surface area contributed by atoms with Crippen molar-refractivity contribution in [1.29, 1.82) is 0 Å². The summed E-state index contributed by atoms with van der Waals surface area (Å²) in [4.78, 5) is 97.3. The van der Waals surface area contributed by atoms with E-state index in [1.807, 2.05) is 66.7 Å². The minimum Gasteiger partial charge on any atom is -0.461 e. The number of aliphatic hydroxyl groups excluding tert-OH is 1. The lowest BCUT2D eigenvalue weighted by molar-refractivity contribution is -0.286. The van der Waals surface area contributed by atoms with E-state index in [2.05, 4.69) is 31.4 Å². The van der Waals surface area contributed by atoms with Crippen LogP contribution in [0.5, 0.6) is 0 Å². The van der Waals surface area contributed by atoms with Gasteiger partial charge in [0.2, 0.25) is 11.8 Å². The highest BCUT2D eigenvalue weighted by Gasteiger charge is 2.50. The molecule has 1 aliphatic rings. The Bertz CT molecular complexity index is 2460. The van der Waals surface area contributed by atoms with Crippen LogP contribution in [0.4, 0.5) is 0 Å². The van der Waals surface area contributed by atoms with Gasteiger partial charge in [0, 0.05) is 25.7 Å². The summed E-state index contributed by atoms with van der Waals surface area (Å²) in [5.41, 5.74) is 2.22. The summed E-state index contributed by atoms with van der Waals surface area (Å²) >= 11 is 0. The second kappa shape index (κ2) is 53.8. The van der Waals surface area contributed by atoms with Gasteiger partial charge in [-0.3, -0.25) is 28.8 Å². The highest BCUT2D eigenvalue weighted by Crippen LogP contribution is 2.29. The quantitative estimate of drug-likeness (QED) is 0.0271. The number of esters is 5. The summed E-state index contributed by atoms with van der Waals surface area (Å²) in [5, 5.41) is 18.2. The van der Waals surface area contributed by atoms with E-state index in [-0.39, 0.29) is 51.9 Å². The van der Waals surface area contributed by atoms with Gasteiger partial charge >= 0.3 is 29.8 Å². The Morgan fingerprint density at radius 1 is 0.427 bits per heavy atom. The molecule has 0 unspecified atom stereocenters.